The van der Waals surface area contributed by atoms with Gasteiger partial charge in [0.2, 0.25) is 0 Å². The molecule has 1 aliphatic carbocycles. The Hall–Kier alpha value is -0.790. The van der Waals surface area contributed by atoms with Crippen molar-refractivity contribution in [2.24, 2.45) is 23.9 Å². The van der Waals surface area contributed by atoms with E-state index in [1.54, 1.807) is 0 Å². The van der Waals surface area contributed by atoms with Crippen molar-refractivity contribution in [3.63, 3.8) is 0 Å². The molecule has 138 valence electrons. The maximum atomic E-state index is 4.72. The molecule has 0 spiro atoms. The zero-order chi connectivity index (χ0) is 16.7. The third kappa shape index (κ3) is 6.99. The Morgan fingerprint density at radius 2 is 2.04 bits per heavy atom. The Kier molecular flexibility index (Phi) is 9.69. The molecule has 24 heavy (non-hydrogen) atoms. The van der Waals surface area contributed by atoms with Gasteiger partial charge in [0, 0.05) is 32.4 Å². The Morgan fingerprint density at radius 1 is 1.33 bits per heavy atom. The minimum Gasteiger partial charge on any atom is -0.357 e. The van der Waals surface area contributed by atoms with Gasteiger partial charge >= 0.3 is 0 Å². The van der Waals surface area contributed by atoms with Gasteiger partial charge in [0.25, 0.3) is 0 Å². The Bertz CT molecular complexity index is 489. The lowest BCUT2D eigenvalue weighted by Crippen LogP contribution is -2.45. The number of nitrogens with zero attached hydrogens (tertiary/aromatic N) is 3. The molecule has 0 bridgehead atoms. The van der Waals surface area contributed by atoms with E-state index in [4.69, 9.17) is 4.99 Å². The molecule has 0 amide bonds. The van der Waals surface area contributed by atoms with Crippen LogP contribution in [0.25, 0.3) is 0 Å². The summed E-state index contributed by atoms with van der Waals surface area (Å²) in [7, 11) is 1.95. The first kappa shape index (κ1) is 21.3. The minimum atomic E-state index is 0. The van der Waals surface area contributed by atoms with E-state index in [2.05, 4.69) is 42.7 Å². The number of hydrogen-bond acceptors (Lipinski definition) is 2. The number of nitrogens with one attached hydrogen (secondary N) is 2. The summed E-state index contributed by atoms with van der Waals surface area (Å²) >= 11 is 0. The van der Waals surface area contributed by atoms with Gasteiger partial charge in [-0.2, -0.15) is 5.10 Å². The topological polar surface area (TPSA) is 54.2 Å². The van der Waals surface area contributed by atoms with Crippen LogP contribution >= 0.6 is 24.0 Å². The van der Waals surface area contributed by atoms with E-state index in [-0.39, 0.29) is 24.0 Å². The molecule has 0 atom stereocenters. The number of rotatable bonds is 6. The summed E-state index contributed by atoms with van der Waals surface area (Å²) in [5.41, 5.74) is 1.24. The molecule has 6 heteroatoms. The Balaban J connectivity index is 0.00000288. The average molecular weight is 447 g/mol. The van der Waals surface area contributed by atoms with Crippen molar-refractivity contribution in [2.45, 2.75) is 58.9 Å². The minimum absolute atomic E-state index is 0. The molecule has 1 aromatic heterocycles. The molecule has 1 heterocycles. The van der Waals surface area contributed by atoms with Crippen LogP contribution in [-0.2, 0) is 13.5 Å². The van der Waals surface area contributed by atoms with Crippen LogP contribution < -0.4 is 10.6 Å². The molecule has 0 radical (unpaired) electrons. The fourth-order valence-corrected chi connectivity index (χ4v) is 3.34. The van der Waals surface area contributed by atoms with Gasteiger partial charge in [-0.05, 0) is 56.4 Å². The van der Waals surface area contributed by atoms with Crippen molar-refractivity contribution in [1.29, 1.82) is 0 Å². The van der Waals surface area contributed by atoms with Crippen LogP contribution in [0.3, 0.4) is 0 Å². The van der Waals surface area contributed by atoms with Gasteiger partial charge in [-0.1, -0.05) is 13.8 Å². The number of hydrogen-bond donors (Lipinski definition) is 2. The normalized spacial score (nSPS) is 21.5. The smallest absolute Gasteiger partial charge is 0.191 e. The number of halogens is 1. The largest absolute Gasteiger partial charge is 0.357 e. The van der Waals surface area contributed by atoms with E-state index < -0.39 is 0 Å². The second-order valence-electron chi connectivity index (χ2n) is 7.03. The number of aliphatic imine (C=N–C) groups is 1. The van der Waals surface area contributed by atoms with E-state index >= 15 is 0 Å². The van der Waals surface area contributed by atoms with Gasteiger partial charge in [0.05, 0.1) is 6.20 Å². The molecule has 0 saturated heterocycles. The highest BCUT2D eigenvalue weighted by atomic mass is 127. The predicted octanol–water partition coefficient (Wildman–Crippen LogP) is 3.35. The zero-order valence-electron chi connectivity index (χ0n) is 15.6. The Labute approximate surface area is 164 Å². The second kappa shape index (κ2) is 10.9. The van der Waals surface area contributed by atoms with Gasteiger partial charge in [-0.15, -0.1) is 24.0 Å². The third-order valence-electron chi connectivity index (χ3n) is 4.83. The van der Waals surface area contributed by atoms with E-state index in [1.807, 2.05) is 17.9 Å². The van der Waals surface area contributed by atoms with Gasteiger partial charge in [0.1, 0.15) is 0 Å². The van der Waals surface area contributed by atoms with E-state index in [0.29, 0.717) is 6.04 Å². The van der Waals surface area contributed by atoms with Crippen LogP contribution in [0, 0.1) is 11.8 Å². The average Bonchev–Trinajstić information content (AvgIpc) is 2.93. The molecule has 2 rings (SSSR count). The van der Waals surface area contributed by atoms with Gasteiger partial charge < -0.3 is 10.6 Å². The number of guanidine groups is 1. The van der Waals surface area contributed by atoms with Crippen molar-refractivity contribution in [3.05, 3.63) is 18.0 Å². The van der Waals surface area contributed by atoms with Crippen LogP contribution in [-0.4, -0.2) is 34.9 Å². The fraction of sp³-hybridized carbons (Fsp3) is 0.778. The third-order valence-corrected chi connectivity index (χ3v) is 4.83. The van der Waals surface area contributed by atoms with Crippen LogP contribution in [0.15, 0.2) is 17.4 Å². The van der Waals surface area contributed by atoms with Crippen LogP contribution in [0.5, 0.6) is 0 Å². The zero-order valence-corrected chi connectivity index (χ0v) is 17.9. The van der Waals surface area contributed by atoms with Crippen molar-refractivity contribution in [3.8, 4) is 0 Å². The lowest BCUT2D eigenvalue weighted by Gasteiger charge is -2.32. The second-order valence-corrected chi connectivity index (χ2v) is 7.03. The van der Waals surface area contributed by atoms with E-state index in [1.165, 1.54) is 31.2 Å². The Morgan fingerprint density at radius 3 is 2.58 bits per heavy atom. The number of aromatic nitrogens is 2. The summed E-state index contributed by atoms with van der Waals surface area (Å²) < 4.78 is 1.84. The van der Waals surface area contributed by atoms with Crippen LogP contribution in [0.2, 0.25) is 0 Å². The van der Waals surface area contributed by atoms with Crippen LogP contribution in [0.4, 0.5) is 0 Å². The molecule has 0 aromatic carbocycles. The first-order chi connectivity index (χ1) is 11.1. The van der Waals surface area contributed by atoms with Crippen molar-refractivity contribution >= 4 is 29.9 Å². The summed E-state index contributed by atoms with van der Waals surface area (Å²) in [6, 6.07) is 0.571. The molecule has 1 aliphatic rings. The summed E-state index contributed by atoms with van der Waals surface area (Å²) in [6.07, 6.45) is 10.1. The molecule has 1 fully saturated rings. The van der Waals surface area contributed by atoms with Crippen LogP contribution in [0.1, 0.15) is 52.0 Å². The fourth-order valence-electron chi connectivity index (χ4n) is 3.34. The van der Waals surface area contributed by atoms with Gasteiger partial charge in [-0.3, -0.25) is 9.67 Å². The quantitative estimate of drug-likeness (QED) is 0.400. The highest BCUT2D eigenvalue weighted by Gasteiger charge is 2.23. The SMILES string of the molecule is CCNC(=NCCc1cnn(C)c1)NC1CCC(C(C)C)CC1.I. The number of aryl methyl sites for hydroxylation is 1. The maximum absolute atomic E-state index is 4.72. The predicted molar refractivity (Wildman–Crippen MR) is 112 cm³/mol. The summed E-state index contributed by atoms with van der Waals surface area (Å²) in [4.78, 5) is 4.72. The maximum Gasteiger partial charge on any atom is 0.191 e. The molecule has 2 N–H and O–H groups in total. The highest BCUT2D eigenvalue weighted by molar-refractivity contribution is 14.0. The highest BCUT2D eigenvalue weighted by Crippen LogP contribution is 2.29. The lowest BCUT2D eigenvalue weighted by atomic mass is 9.80. The van der Waals surface area contributed by atoms with Gasteiger partial charge in [0.15, 0.2) is 5.96 Å². The molecular weight excluding hydrogens is 413 g/mol. The molecule has 1 saturated carbocycles. The first-order valence-corrected chi connectivity index (χ1v) is 9.10. The van der Waals surface area contributed by atoms with Crippen molar-refractivity contribution < 1.29 is 0 Å². The first-order valence-electron chi connectivity index (χ1n) is 9.10. The standard InChI is InChI=1S/C18H33N5.HI/c1-5-19-18(20-11-10-15-12-21-23(4)13-15)22-17-8-6-16(7-9-17)14(2)3;/h12-14,16-17H,5-11H2,1-4H3,(H2,19,20,22);1H. The summed E-state index contributed by atoms with van der Waals surface area (Å²) in [5, 5.41) is 11.2. The molecule has 5 nitrogen and oxygen atoms in total. The monoisotopic (exact) mass is 447 g/mol. The summed E-state index contributed by atoms with van der Waals surface area (Å²) in [5.74, 6) is 2.68. The van der Waals surface area contributed by atoms with Crippen molar-refractivity contribution in [2.75, 3.05) is 13.1 Å². The molecule has 1 aromatic rings. The lowest BCUT2D eigenvalue weighted by molar-refractivity contribution is 0.250. The van der Waals surface area contributed by atoms with Gasteiger partial charge in [-0.25, -0.2) is 0 Å². The summed E-state index contributed by atoms with van der Waals surface area (Å²) in [6.45, 7) is 8.52. The molecular formula is C18H34IN5. The van der Waals surface area contributed by atoms with Crippen molar-refractivity contribution in [1.82, 2.24) is 20.4 Å². The molecule has 0 unspecified atom stereocenters. The van der Waals surface area contributed by atoms with E-state index in [0.717, 1.165) is 37.3 Å². The molecule has 0 aliphatic heterocycles. The van der Waals surface area contributed by atoms with E-state index in [9.17, 15) is 0 Å².